The summed E-state index contributed by atoms with van der Waals surface area (Å²) in [5.74, 6) is 0. The van der Waals surface area contributed by atoms with E-state index in [2.05, 4.69) is 18.1 Å². The molecule has 0 unspecified atom stereocenters. The van der Waals surface area contributed by atoms with E-state index in [0.29, 0.717) is 0 Å². The fourth-order valence-corrected chi connectivity index (χ4v) is 1.04. The molecule has 0 amide bonds. The number of hydrogen-bond acceptors (Lipinski definition) is 1. The van der Waals surface area contributed by atoms with Gasteiger partial charge < -0.3 is 0 Å². The normalized spacial score (nSPS) is 7.53. The molecular weight excluding hydrogens is 182 g/mol. The molecule has 0 saturated carbocycles. The van der Waals surface area contributed by atoms with Gasteiger partial charge in [0, 0.05) is 17.5 Å². The van der Waals surface area contributed by atoms with Crippen LogP contribution in [-0.4, -0.2) is 4.98 Å². The summed E-state index contributed by atoms with van der Waals surface area (Å²) in [5, 5.41) is 0. The van der Waals surface area contributed by atoms with Gasteiger partial charge in [-0.05, 0) is 18.6 Å². The van der Waals surface area contributed by atoms with Crippen LogP contribution in [-0.2, 0) is 0 Å². The minimum absolute atomic E-state index is 0.998. The highest BCUT2D eigenvalue weighted by Crippen LogP contribution is 2.13. The second-order valence-electron chi connectivity index (χ2n) is 2.31. The number of rotatable bonds is 2. The predicted molar refractivity (Wildman–Crippen MR) is 71.9 cm³/mol. The molecule has 0 bridgehead atoms. The van der Waals surface area contributed by atoms with Crippen molar-refractivity contribution in [2.45, 2.75) is 34.6 Å². The van der Waals surface area contributed by atoms with Crippen LogP contribution in [0.25, 0.3) is 12.2 Å². The molecule has 1 aromatic heterocycles. The zero-order valence-electron chi connectivity index (χ0n) is 10.7. The average molecular weight is 205 g/mol. The lowest BCUT2D eigenvalue weighted by molar-refractivity contribution is 1.18. The topological polar surface area (TPSA) is 12.9 Å². The van der Waals surface area contributed by atoms with Crippen LogP contribution in [0.3, 0.4) is 0 Å². The van der Waals surface area contributed by atoms with Gasteiger partial charge in [-0.2, -0.15) is 0 Å². The Bertz CT molecular complexity index is 287. The molecule has 0 atom stereocenters. The van der Waals surface area contributed by atoms with Crippen LogP contribution in [0, 0.1) is 6.92 Å². The summed E-state index contributed by atoms with van der Waals surface area (Å²) in [4.78, 5) is 4.14. The zero-order valence-corrected chi connectivity index (χ0v) is 10.7. The van der Waals surface area contributed by atoms with Gasteiger partial charge in [-0.1, -0.05) is 53.0 Å². The van der Waals surface area contributed by atoms with Gasteiger partial charge in [0.1, 0.15) is 0 Å². The smallest absolute Gasteiger partial charge is 0.0450 e. The molecule has 0 aromatic carbocycles. The Labute approximate surface area is 94.6 Å². The number of pyridine rings is 1. The molecular formula is C14H23N. The molecule has 1 aromatic rings. The van der Waals surface area contributed by atoms with E-state index >= 15 is 0 Å². The first-order chi connectivity index (χ1) is 7.29. The number of aryl methyl sites for hydroxylation is 1. The molecule has 1 rings (SSSR count). The first kappa shape index (κ1) is 16.1. The third-order valence-electron chi connectivity index (χ3n) is 1.65. The van der Waals surface area contributed by atoms with E-state index in [-0.39, 0.29) is 0 Å². The van der Waals surface area contributed by atoms with E-state index in [1.54, 1.807) is 12.3 Å². The van der Waals surface area contributed by atoms with E-state index in [1.165, 1.54) is 0 Å². The molecule has 0 fully saturated rings. The van der Waals surface area contributed by atoms with Crippen molar-refractivity contribution in [3.63, 3.8) is 0 Å². The van der Waals surface area contributed by atoms with Gasteiger partial charge in [-0.15, -0.1) is 0 Å². The second-order valence-corrected chi connectivity index (χ2v) is 2.31. The Morgan fingerprint density at radius 3 is 1.93 bits per heavy atom. The first-order valence-corrected chi connectivity index (χ1v) is 5.50. The molecule has 0 aliphatic rings. The van der Waals surface area contributed by atoms with E-state index < -0.39 is 0 Å². The first-order valence-electron chi connectivity index (χ1n) is 5.50. The van der Waals surface area contributed by atoms with Gasteiger partial charge in [0.15, 0.2) is 0 Å². The maximum absolute atomic E-state index is 4.14. The van der Waals surface area contributed by atoms with E-state index in [9.17, 15) is 0 Å². The molecule has 0 aliphatic heterocycles. The van der Waals surface area contributed by atoms with Crippen molar-refractivity contribution >= 4 is 12.2 Å². The summed E-state index contributed by atoms with van der Waals surface area (Å²) < 4.78 is 0. The van der Waals surface area contributed by atoms with Crippen molar-refractivity contribution in [3.8, 4) is 0 Å². The fraction of sp³-hybridized carbons (Fsp3) is 0.357. The van der Waals surface area contributed by atoms with Crippen molar-refractivity contribution in [2.75, 3.05) is 0 Å². The highest BCUT2D eigenvalue weighted by molar-refractivity contribution is 5.64. The second kappa shape index (κ2) is 10.7. The lowest BCUT2D eigenvalue weighted by Crippen LogP contribution is -1.88. The average Bonchev–Trinajstić information content (AvgIpc) is 2.33. The van der Waals surface area contributed by atoms with E-state index in [1.807, 2.05) is 46.8 Å². The van der Waals surface area contributed by atoms with Gasteiger partial charge in [-0.25, -0.2) is 0 Å². The van der Waals surface area contributed by atoms with Crippen molar-refractivity contribution in [1.29, 1.82) is 0 Å². The summed E-state index contributed by atoms with van der Waals surface area (Å²) in [6.07, 6.45) is 5.39. The van der Waals surface area contributed by atoms with Crippen LogP contribution in [0.1, 0.15) is 44.5 Å². The SMILES string of the molecule is C=Cc1ccnc(C)c1C=C.CC.CC. The summed E-state index contributed by atoms with van der Waals surface area (Å²) in [6, 6.07) is 1.93. The van der Waals surface area contributed by atoms with Crippen LogP contribution in [0.5, 0.6) is 0 Å². The largest absolute Gasteiger partial charge is 0.261 e. The zero-order chi connectivity index (χ0) is 12.3. The maximum atomic E-state index is 4.14. The van der Waals surface area contributed by atoms with Crippen LogP contribution >= 0.6 is 0 Å². The summed E-state index contributed by atoms with van der Waals surface area (Å²) in [5.41, 5.74) is 3.16. The lowest BCUT2D eigenvalue weighted by atomic mass is 10.1. The molecule has 1 heterocycles. The third-order valence-corrected chi connectivity index (χ3v) is 1.65. The van der Waals surface area contributed by atoms with Crippen LogP contribution in [0.2, 0.25) is 0 Å². The van der Waals surface area contributed by atoms with Crippen molar-refractivity contribution in [1.82, 2.24) is 4.98 Å². The number of nitrogens with zero attached hydrogens (tertiary/aromatic N) is 1. The van der Waals surface area contributed by atoms with E-state index in [4.69, 9.17) is 0 Å². The van der Waals surface area contributed by atoms with Crippen molar-refractivity contribution < 1.29 is 0 Å². The number of hydrogen-bond donors (Lipinski definition) is 0. The Morgan fingerprint density at radius 1 is 1.07 bits per heavy atom. The van der Waals surface area contributed by atoms with Crippen molar-refractivity contribution in [3.05, 3.63) is 42.2 Å². The van der Waals surface area contributed by atoms with Gasteiger partial charge >= 0.3 is 0 Å². The summed E-state index contributed by atoms with van der Waals surface area (Å²) >= 11 is 0. The highest BCUT2D eigenvalue weighted by Gasteiger charge is 1.97. The standard InChI is InChI=1S/C10H11N.2C2H6/c1-4-9-6-7-11-8(3)10(9)5-2;2*1-2/h4-7H,1-2H2,3H3;2*1-2H3. The minimum Gasteiger partial charge on any atom is -0.261 e. The Balaban J connectivity index is 0. The summed E-state index contributed by atoms with van der Waals surface area (Å²) in [6.45, 7) is 17.4. The monoisotopic (exact) mass is 205 g/mol. The predicted octanol–water partition coefficient (Wildman–Crippen LogP) is 4.73. The quantitative estimate of drug-likeness (QED) is 0.680. The molecule has 15 heavy (non-hydrogen) atoms. The molecule has 0 saturated heterocycles. The number of aromatic nitrogens is 1. The van der Waals surface area contributed by atoms with Crippen LogP contribution in [0.15, 0.2) is 25.4 Å². The van der Waals surface area contributed by atoms with Gasteiger partial charge in [-0.3, -0.25) is 4.98 Å². The third kappa shape index (κ3) is 5.16. The van der Waals surface area contributed by atoms with Crippen LogP contribution < -0.4 is 0 Å². The molecule has 84 valence electrons. The molecule has 0 aliphatic carbocycles. The summed E-state index contributed by atoms with van der Waals surface area (Å²) in [7, 11) is 0. The highest BCUT2D eigenvalue weighted by atomic mass is 14.7. The van der Waals surface area contributed by atoms with Crippen molar-refractivity contribution in [2.24, 2.45) is 0 Å². The fourth-order valence-electron chi connectivity index (χ4n) is 1.04. The Hall–Kier alpha value is -1.37. The molecule has 1 heteroatoms. The lowest BCUT2D eigenvalue weighted by Gasteiger charge is -2.02. The Morgan fingerprint density at radius 2 is 1.60 bits per heavy atom. The van der Waals surface area contributed by atoms with E-state index in [0.717, 1.165) is 16.8 Å². The molecule has 0 N–H and O–H groups in total. The van der Waals surface area contributed by atoms with Gasteiger partial charge in [0.2, 0.25) is 0 Å². The maximum Gasteiger partial charge on any atom is 0.0450 e. The molecule has 0 spiro atoms. The van der Waals surface area contributed by atoms with Crippen LogP contribution in [0.4, 0.5) is 0 Å². The Kier molecular flexibility index (Phi) is 11.5. The molecule has 1 nitrogen and oxygen atoms in total. The minimum atomic E-state index is 0.998. The molecule has 0 radical (unpaired) electrons. The van der Waals surface area contributed by atoms with Gasteiger partial charge in [0.05, 0.1) is 0 Å². The van der Waals surface area contributed by atoms with Gasteiger partial charge in [0.25, 0.3) is 0 Å².